The van der Waals surface area contributed by atoms with Crippen LogP contribution < -0.4 is 10.1 Å². The van der Waals surface area contributed by atoms with E-state index in [1.165, 1.54) is 11.9 Å². The average Bonchev–Trinajstić information content (AvgIpc) is 3.34. The van der Waals surface area contributed by atoms with Crippen LogP contribution in [0.1, 0.15) is 18.5 Å². The van der Waals surface area contributed by atoms with Gasteiger partial charge < -0.3 is 10.1 Å². The van der Waals surface area contributed by atoms with Crippen LogP contribution in [0.5, 0.6) is 5.75 Å². The zero-order chi connectivity index (χ0) is 20.8. The van der Waals surface area contributed by atoms with Gasteiger partial charge in [0.25, 0.3) is 5.91 Å². The average molecular weight is 399 g/mol. The van der Waals surface area contributed by atoms with Crippen molar-refractivity contribution in [1.82, 2.24) is 25.5 Å². The highest BCUT2D eigenvalue weighted by atomic mass is 16.5. The molecule has 0 bridgehead atoms. The van der Waals surface area contributed by atoms with Crippen LogP contribution in [0.4, 0.5) is 0 Å². The first kappa shape index (κ1) is 19.3. The van der Waals surface area contributed by atoms with Crippen LogP contribution in [0.2, 0.25) is 0 Å². The fourth-order valence-electron chi connectivity index (χ4n) is 3.08. The molecule has 150 valence electrons. The molecule has 0 unspecified atom stereocenters. The Balaban J connectivity index is 1.29. The lowest BCUT2D eigenvalue weighted by molar-refractivity contribution is -0.123. The van der Waals surface area contributed by atoms with E-state index in [-0.39, 0.29) is 18.6 Å². The number of aromatic nitrogens is 4. The minimum absolute atomic E-state index is 0.0589. The largest absolute Gasteiger partial charge is 0.484 e. The number of carbonyl (C=O) groups is 1. The Hall–Kier alpha value is -4.00. The molecular weight excluding hydrogens is 378 g/mol. The number of benzene rings is 3. The molecule has 0 radical (unpaired) electrons. The lowest BCUT2D eigenvalue weighted by Crippen LogP contribution is -2.31. The molecule has 0 saturated heterocycles. The van der Waals surface area contributed by atoms with Crippen molar-refractivity contribution in [2.45, 2.75) is 13.0 Å². The quantitative estimate of drug-likeness (QED) is 0.514. The molecule has 1 N–H and O–H groups in total. The van der Waals surface area contributed by atoms with E-state index in [2.05, 4.69) is 45.1 Å². The Bertz CT molecular complexity index is 1080. The Morgan fingerprint density at radius 2 is 1.67 bits per heavy atom. The van der Waals surface area contributed by atoms with Crippen LogP contribution in [0.25, 0.3) is 16.8 Å². The minimum Gasteiger partial charge on any atom is -0.484 e. The topological polar surface area (TPSA) is 81.9 Å². The summed E-state index contributed by atoms with van der Waals surface area (Å²) >= 11 is 0. The number of nitrogens with zero attached hydrogens (tertiary/aromatic N) is 4. The first-order valence-electron chi connectivity index (χ1n) is 9.60. The molecule has 1 heterocycles. The van der Waals surface area contributed by atoms with Crippen LogP contribution in [0.15, 0.2) is 85.2 Å². The number of ether oxygens (including phenoxy) is 1. The van der Waals surface area contributed by atoms with Gasteiger partial charge >= 0.3 is 0 Å². The van der Waals surface area contributed by atoms with E-state index in [0.717, 1.165) is 16.8 Å². The summed E-state index contributed by atoms with van der Waals surface area (Å²) < 4.78 is 7.12. The highest BCUT2D eigenvalue weighted by Crippen LogP contribution is 2.22. The Morgan fingerprint density at radius 1 is 0.967 bits per heavy atom. The molecule has 4 rings (SSSR count). The predicted octanol–water partition coefficient (Wildman–Crippen LogP) is 3.59. The SMILES string of the molecule is C[C@H](NC(=O)COc1ccc(-n2cnnn2)cc1)c1ccc(-c2ccccc2)cc1. The van der Waals surface area contributed by atoms with E-state index in [0.29, 0.717) is 5.75 Å². The smallest absolute Gasteiger partial charge is 0.258 e. The molecule has 0 aliphatic heterocycles. The Kier molecular flexibility index (Phi) is 5.80. The third-order valence-electron chi connectivity index (χ3n) is 4.72. The van der Waals surface area contributed by atoms with Gasteiger partial charge in [-0.25, -0.2) is 4.68 Å². The van der Waals surface area contributed by atoms with Gasteiger partial charge in [0.05, 0.1) is 11.7 Å². The zero-order valence-electron chi connectivity index (χ0n) is 16.5. The normalized spacial score (nSPS) is 11.6. The number of carbonyl (C=O) groups excluding carboxylic acids is 1. The summed E-state index contributed by atoms with van der Waals surface area (Å²) in [6.45, 7) is 1.90. The van der Waals surface area contributed by atoms with Crippen molar-refractivity contribution in [2.75, 3.05) is 6.61 Å². The molecule has 0 aliphatic carbocycles. The second-order valence-electron chi connectivity index (χ2n) is 6.81. The van der Waals surface area contributed by atoms with Crippen molar-refractivity contribution in [3.63, 3.8) is 0 Å². The highest BCUT2D eigenvalue weighted by Gasteiger charge is 2.11. The summed E-state index contributed by atoms with van der Waals surface area (Å²) in [6.07, 6.45) is 1.51. The van der Waals surface area contributed by atoms with Crippen LogP contribution >= 0.6 is 0 Å². The maximum atomic E-state index is 12.3. The van der Waals surface area contributed by atoms with Crippen LogP contribution in [0, 0.1) is 0 Å². The lowest BCUT2D eigenvalue weighted by Gasteiger charge is -2.15. The molecule has 1 amide bonds. The Labute approximate surface area is 174 Å². The summed E-state index contributed by atoms with van der Waals surface area (Å²) in [7, 11) is 0. The van der Waals surface area contributed by atoms with Crippen LogP contribution in [-0.2, 0) is 4.79 Å². The van der Waals surface area contributed by atoms with E-state index in [4.69, 9.17) is 4.74 Å². The van der Waals surface area contributed by atoms with Gasteiger partial charge in [-0.15, -0.1) is 5.10 Å². The van der Waals surface area contributed by atoms with Gasteiger partial charge in [-0.3, -0.25) is 4.79 Å². The summed E-state index contributed by atoms with van der Waals surface area (Å²) in [4.78, 5) is 12.3. The fourth-order valence-corrected chi connectivity index (χ4v) is 3.08. The number of tetrazole rings is 1. The highest BCUT2D eigenvalue weighted by molar-refractivity contribution is 5.78. The van der Waals surface area contributed by atoms with Crippen molar-refractivity contribution < 1.29 is 9.53 Å². The van der Waals surface area contributed by atoms with E-state index < -0.39 is 0 Å². The van der Waals surface area contributed by atoms with E-state index in [1.807, 2.05) is 49.4 Å². The summed E-state index contributed by atoms with van der Waals surface area (Å²) in [5, 5.41) is 14.0. The van der Waals surface area contributed by atoms with Gasteiger partial charge in [0.1, 0.15) is 12.1 Å². The number of rotatable bonds is 7. The zero-order valence-corrected chi connectivity index (χ0v) is 16.5. The second-order valence-corrected chi connectivity index (χ2v) is 6.81. The summed E-state index contributed by atoms with van der Waals surface area (Å²) in [6, 6.07) is 25.5. The molecule has 3 aromatic carbocycles. The monoisotopic (exact) mass is 399 g/mol. The lowest BCUT2D eigenvalue weighted by atomic mass is 10.0. The number of hydrogen-bond acceptors (Lipinski definition) is 5. The van der Waals surface area contributed by atoms with Crippen molar-refractivity contribution in [3.8, 4) is 22.6 Å². The van der Waals surface area contributed by atoms with E-state index in [1.54, 1.807) is 16.8 Å². The molecule has 7 nitrogen and oxygen atoms in total. The molecule has 0 fully saturated rings. The molecule has 1 aromatic heterocycles. The second kappa shape index (κ2) is 9.00. The molecule has 0 saturated carbocycles. The van der Waals surface area contributed by atoms with Crippen LogP contribution in [-0.4, -0.2) is 32.7 Å². The molecule has 0 aliphatic rings. The first-order chi connectivity index (χ1) is 14.7. The molecule has 1 atom stereocenters. The van der Waals surface area contributed by atoms with Crippen molar-refractivity contribution in [3.05, 3.63) is 90.8 Å². The van der Waals surface area contributed by atoms with Gasteiger partial charge in [0.2, 0.25) is 0 Å². The minimum atomic E-state index is -0.181. The Morgan fingerprint density at radius 3 is 2.33 bits per heavy atom. The van der Waals surface area contributed by atoms with Gasteiger partial charge in [0.15, 0.2) is 6.61 Å². The van der Waals surface area contributed by atoms with Gasteiger partial charge in [0, 0.05) is 0 Å². The summed E-state index contributed by atoms with van der Waals surface area (Å²) in [5.41, 5.74) is 4.16. The van der Waals surface area contributed by atoms with Crippen LogP contribution in [0.3, 0.4) is 0 Å². The van der Waals surface area contributed by atoms with Gasteiger partial charge in [-0.1, -0.05) is 54.6 Å². The van der Waals surface area contributed by atoms with Gasteiger partial charge in [-0.05, 0) is 58.3 Å². The standard InChI is InChI=1S/C23H21N5O2/c1-17(18-7-9-20(10-8-18)19-5-3-2-4-6-19)25-23(29)15-30-22-13-11-21(12-14-22)28-16-24-26-27-28/h2-14,16-17H,15H2,1H3,(H,25,29)/t17-/m0/s1. The number of amides is 1. The third kappa shape index (κ3) is 4.70. The maximum absolute atomic E-state index is 12.3. The van der Waals surface area contributed by atoms with Crippen molar-refractivity contribution >= 4 is 5.91 Å². The van der Waals surface area contributed by atoms with Gasteiger partial charge in [-0.2, -0.15) is 0 Å². The fraction of sp³-hybridized carbons (Fsp3) is 0.130. The van der Waals surface area contributed by atoms with E-state index in [9.17, 15) is 4.79 Å². The number of hydrogen-bond donors (Lipinski definition) is 1. The van der Waals surface area contributed by atoms with E-state index >= 15 is 0 Å². The first-order valence-corrected chi connectivity index (χ1v) is 9.60. The molecule has 4 aromatic rings. The third-order valence-corrected chi connectivity index (χ3v) is 4.72. The maximum Gasteiger partial charge on any atom is 0.258 e. The predicted molar refractivity (Wildman–Crippen MR) is 113 cm³/mol. The number of nitrogens with one attached hydrogen (secondary N) is 1. The molecule has 7 heteroatoms. The molecular formula is C23H21N5O2. The van der Waals surface area contributed by atoms with Crippen molar-refractivity contribution in [1.29, 1.82) is 0 Å². The van der Waals surface area contributed by atoms with Crippen molar-refractivity contribution in [2.24, 2.45) is 0 Å². The molecule has 0 spiro atoms. The summed E-state index contributed by atoms with van der Waals surface area (Å²) in [5.74, 6) is 0.418. The molecule has 30 heavy (non-hydrogen) atoms.